The lowest BCUT2D eigenvalue weighted by molar-refractivity contribution is -0.264. The minimum atomic E-state index is -5.75. The summed E-state index contributed by atoms with van der Waals surface area (Å²) in [5.41, 5.74) is -1.58. The van der Waals surface area contributed by atoms with Crippen LogP contribution >= 0.6 is 0 Å². The van der Waals surface area contributed by atoms with E-state index in [1.165, 1.54) is 16.8 Å². The Hall–Kier alpha value is -1.67. The van der Waals surface area contributed by atoms with Crippen molar-refractivity contribution in [1.29, 1.82) is 0 Å². The Labute approximate surface area is 118 Å². The molecule has 0 spiro atoms. The second-order valence-electron chi connectivity index (χ2n) is 4.64. The first-order valence-electron chi connectivity index (χ1n) is 6.21. The number of piperazine rings is 1. The molecule has 1 aliphatic rings. The molecular formula is C12H16F5N3O. The van der Waals surface area contributed by atoms with Crippen LogP contribution in [-0.4, -0.2) is 60.3 Å². The molecule has 1 amide bonds. The maximum atomic E-state index is 13.1. The second kappa shape index (κ2) is 5.98. The third-order valence-corrected chi connectivity index (χ3v) is 3.12. The molecule has 1 heterocycles. The molecule has 0 aromatic carbocycles. The summed E-state index contributed by atoms with van der Waals surface area (Å²) in [5, 5.41) is 0. The van der Waals surface area contributed by atoms with Crippen molar-refractivity contribution in [2.45, 2.75) is 25.4 Å². The third-order valence-electron chi connectivity index (χ3n) is 3.12. The van der Waals surface area contributed by atoms with Crippen molar-refractivity contribution in [1.82, 2.24) is 9.80 Å². The van der Waals surface area contributed by atoms with Crippen molar-refractivity contribution in [3.8, 4) is 0 Å². The SMILES string of the molecule is C=C(N=C1CN(C(=O)CC)CCN1C)C(F)(F)C(F)(F)F. The van der Waals surface area contributed by atoms with Gasteiger partial charge in [0.25, 0.3) is 0 Å². The zero-order chi connectivity index (χ0) is 16.4. The topological polar surface area (TPSA) is 35.9 Å². The molecule has 0 aromatic heterocycles. The summed E-state index contributed by atoms with van der Waals surface area (Å²) in [6.07, 6.45) is -5.53. The van der Waals surface area contributed by atoms with E-state index in [4.69, 9.17) is 0 Å². The van der Waals surface area contributed by atoms with Crippen molar-refractivity contribution in [2.24, 2.45) is 4.99 Å². The Bertz CT molecular complexity index is 458. The Balaban J connectivity index is 2.96. The lowest BCUT2D eigenvalue weighted by Crippen LogP contribution is -2.51. The molecule has 0 saturated carbocycles. The largest absolute Gasteiger partial charge is 0.459 e. The molecule has 9 heteroatoms. The highest BCUT2D eigenvalue weighted by Crippen LogP contribution is 2.40. The molecule has 1 saturated heterocycles. The number of hydrogen-bond acceptors (Lipinski definition) is 2. The normalized spacial score (nSPS) is 19.1. The number of likely N-dealkylation sites (N-methyl/N-ethyl adjacent to an activating group) is 1. The number of amidine groups is 1. The molecule has 1 rings (SSSR count). The molecule has 0 bridgehead atoms. The number of carbonyl (C=O) groups is 1. The van der Waals surface area contributed by atoms with E-state index in [1.54, 1.807) is 6.92 Å². The lowest BCUT2D eigenvalue weighted by atomic mass is 10.2. The van der Waals surface area contributed by atoms with Gasteiger partial charge in [0.1, 0.15) is 11.5 Å². The molecule has 0 aromatic rings. The van der Waals surface area contributed by atoms with Gasteiger partial charge in [-0.15, -0.1) is 0 Å². The summed E-state index contributed by atoms with van der Waals surface area (Å²) in [6.45, 7) is 4.91. The summed E-state index contributed by atoms with van der Waals surface area (Å²) in [6, 6.07) is 0. The maximum absolute atomic E-state index is 13.1. The number of alkyl halides is 5. The predicted octanol–water partition coefficient (Wildman–Crippen LogP) is 2.28. The van der Waals surface area contributed by atoms with Gasteiger partial charge in [0, 0.05) is 26.6 Å². The van der Waals surface area contributed by atoms with Crippen LogP contribution in [0.15, 0.2) is 17.3 Å². The van der Waals surface area contributed by atoms with E-state index in [0.29, 0.717) is 13.1 Å². The van der Waals surface area contributed by atoms with E-state index in [0.717, 1.165) is 0 Å². The number of nitrogens with zero attached hydrogens (tertiary/aromatic N) is 3. The molecule has 1 aliphatic heterocycles. The molecular weight excluding hydrogens is 297 g/mol. The number of rotatable bonds is 3. The van der Waals surface area contributed by atoms with Crippen LogP contribution in [0.3, 0.4) is 0 Å². The minimum absolute atomic E-state index is 0.0445. The molecule has 4 nitrogen and oxygen atoms in total. The third kappa shape index (κ3) is 3.70. The van der Waals surface area contributed by atoms with E-state index in [1.807, 2.05) is 0 Å². The van der Waals surface area contributed by atoms with E-state index in [9.17, 15) is 26.7 Å². The summed E-state index contributed by atoms with van der Waals surface area (Å²) >= 11 is 0. The Morgan fingerprint density at radius 2 is 1.86 bits per heavy atom. The summed E-state index contributed by atoms with van der Waals surface area (Å²) < 4.78 is 62.9. The number of hydrogen-bond donors (Lipinski definition) is 0. The van der Waals surface area contributed by atoms with Crippen molar-refractivity contribution >= 4 is 11.7 Å². The van der Waals surface area contributed by atoms with Crippen molar-refractivity contribution in [3.05, 3.63) is 12.3 Å². The standard InChI is InChI=1S/C12H16F5N3O/c1-4-10(21)20-6-5-19(3)9(7-20)18-8(2)11(13,14)12(15,16)17/h2,4-7H2,1,3H3. The van der Waals surface area contributed by atoms with Crippen molar-refractivity contribution in [3.63, 3.8) is 0 Å². The van der Waals surface area contributed by atoms with Crippen LogP contribution in [0.25, 0.3) is 0 Å². The fourth-order valence-corrected chi connectivity index (χ4v) is 1.72. The van der Waals surface area contributed by atoms with Crippen LogP contribution in [0.4, 0.5) is 22.0 Å². The average Bonchev–Trinajstić information content (AvgIpc) is 2.38. The average molecular weight is 313 g/mol. The van der Waals surface area contributed by atoms with Crippen LogP contribution in [0.5, 0.6) is 0 Å². The summed E-state index contributed by atoms with van der Waals surface area (Å²) in [7, 11) is 1.51. The van der Waals surface area contributed by atoms with Crippen molar-refractivity contribution in [2.75, 3.05) is 26.7 Å². The fourth-order valence-electron chi connectivity index (χ4n) is 1.72. The van der Waals surface area contributed by atoms with Crippen LogP contribution in [-0.2, 0) is 4.79 Å². The Kier molecular flexibility index (Phi) is 4.95. The fraction of sp³-hybridized carbons (Fsp3) is 0.667. The van der Waals surface area contributed by atoms with Gasteiger partial charge in [0.2, 0.25) is 5.91 Å². The maximum Gasteiger partial charge on any atom is 0.459 e. The van der Waals surface area contributed by atoms with Gasteiger partial charge >= 0.3 is 12.1 Å². The zero-order valence-electron chi connectivity index (χ0n) is 11.7. The van der Waals surface area contributed by atoms with Gasteiger partial charge < -0.3 is 9.80 Å². The molecule has 0 N–H and O–H groups in total. The highest BCUT2D eigenvalue weighted by molar-refractivity contribution is 5.90. The highest BCUT2D eigenvalue weighted by atomic mass is 19.4. The molecule has 0 unspecified atom stereocenters. The molecule has 120 valence electrons. The van der Waals surface area contributed by atoms with E-state index in [-0.39, 0.29) is 24.7 Å². The molecule has 0 atom stereocenters. The number of aliphatic imine (C=N–C) groups is 1. The first kappa shape index (κ1) is 17.4. The van der Waals surface area contributed by atoms with Crippen LogP contribution in [0.2, 0.25) is 0 Å². The van der Waals surface area contributed by atoms with E-state index < -0.39 is 17.8 Å². The lowest BCUT2D eigenvalue weighted by Gasteiger charge is -2.35. The second-order valence-corrected chi connectivity index (χ2v) is 4.64. The first-order chi connectivity index (χ1) is 9.50. The summed E-state index contributed by atoms with van der Waals surface area (Å²) in [4.78, 5) is 17.7. The quantitative estimate of drug-likeness (QED) is 0.750. The van der Waals surface area contributed by atoms with Gasteiger partial charge in [-0.3, -0.25) is 4.79 Å². The number of allylic oxidation sites excluding steroid dienone is 1. The molecule has 0 aliphatic carbocycles. The van der Waals surface area contributed by atoms with Gasteiger partial charge in [0.15, 0.2) is 0 Å². The number of carbonyl (C=O) groups excluding carboxylic acids is 1. The van der Waals surface area contributed by atoms with Gasteiger partial charge in [-0.05, 0) is 0 Å². The predicted molar refractivity (Wildman–Crippen MR) is 67.1 cm³/mol. The minimum Gasteiger partial charge on any atom is -0.360 e. The highest BCUT2D eigenvalue weighted by Gasteiger charge is 2.60. The van der Waals surface area contributed by atoms with Crippen LogP contribution in [0, 0.1) is 0 Å². The Morgan fingerprint density at radius 3 is 2.33 bits per heavy atom. The van der Waals surface area contributed by atoms with E-state index in [2.05, 4.69) is 11.6 Å². The first-order valence-corrected chi connectivity index (χ1v) is 6.21. The van der Waals surface area contributed by atoms with E-state index >= 15 is 0 Å². The zero-order valence-corrected chi connectivity index (χ0v) is 11.7. The Morgan fingerprint density at radius 1 is 1.29 bits per heavy atom. The number of amides is 1. The smallest absolute Gasteiger partial charge is 0.360 e. The van der Waals surface area contributed by atoms with Gasteiger partial charge in [-0.25, -0.2) is 4.99 Å². The van der Waals surface area contributed by atoms with Gasteiger partial charge in [-0.1, -0.05) is 13.5 Å². The summed E-state index contributed by atoms with van der Waals surface area (Å²) in [5.74, 6) is -5.36. The monoisotopic (exact) mass is 313 g/mol. The van der Waals surface area contributed by atoms with Crippen LogP contribution in [0.1, 0.15) is 13.3 Å². The van der Waals surface area contributed by atoms with Gasteiger partial charge in [0.05, 0.1) is 6.54 Å². The van der Waals surface area contributed by atoms with Crippen LogP contribution < -0.4 is 0 Å². The van der Waals surface area contributed by atoms with Gasteiger partial charge in [-0.2, -0.15) is 22.0 Å². The molecule has 0 radical (unpaired) electrons. The number of halogens is 5. The molecule has 21 heavy (non-hydrogen) atoms. The van der Waals surface area contributed by atoms with Crippen molar-refractivity contribution < 1.29 is 26.7 Å². The molecule has 1 fully saturated rings.